The average Bonchev–Trinajstić information content (AvgIpc) is 1.88. The molecule has 0 amide bonds. The molecular weight excluding hydrogens is 153 g/mol. The molecule has 0 saturated carbocycles. The predicted molar refractivity (Wildman–Crippen MR) is 38.2 cm³/mol. The maximum atomic E-state index is 11.8. The van der Waals surface area contributed by atoms with Crippen molar-refractivity contribution in [3.05, 3.63) is 35.9 Å². The topological polar surface area (TPSA) is 0 Å². The van der Waals surface area contributed by atoms with Crippen LogP contribution >= 0.6 is 0 Å². The molecule has 3 heteroatoms. The number of rotatable bonds is 0. The van der Waals surface area contributed by atoms with E-state index in [0.29, 0.717) is 0 Å². The molecule has 0 bridgehead atoms. The Bertz CT molecular complexity index is 200. The monoisotopic (exact) mass is 162 g/mol. The van der Waals surface area contributed by atoms with Crippen molar-refractivity contribution < 1.29 is 13.2 Å². The number of benzene rings is 1. The summed E-state index contributed by atoms with van der Waals surface area (Å²) in [5.74, 6) is 0. The van der Waals surface area contributed by atoms with Crippen LogP contribution in [0.5, 0.6) is 0 Å². The second-order valence-electron chi connectivity index (χ2n) is 1.86. The van der Waals surface area contributed by atoms with Gasteiger partial charge in [0.1, 0.15) is 0 Å². The van der Waals surface area contributed by atoms with E-state index < -0.39 is 11.7 Å². The third-order valence-corrected chi connectivity index (χ3v) is 1.10. The molecule has 0 unspecified atom stereocenters. The van der Waals surface area contributed by atoms with Gasteiger partial charge in [-0.15, -0.1) is 0 Å². The van der Waals surface area contributed by atoms with Gasteiger partial charge >= 0.3 is 6.18 Å². The van der Waals surface area contributed by atoms with Crippen LogP contribution in [0, 0.1) is 0 Å². The van der Waals surface area contributed by atoms with Crippen LogP contribution in [0.3, 0.4) is 0 Å². The lowest BCUT2D eigenvalue weighted by Crippen LogP contribution is -2.03. The lowest BCUT2D eigenvalue weighted by atomic mass is 10.2. The molecule has 0 aliphatic heterocycles. The zero-order valence-electron chi connectivity index (χ0n) is 5.02. The Hall–Kier alpha value is -0.990. The summed E-state index contributed by atoms with van der Waals surface area (Å²) in [4.78, 5) is 0. The quantitative estimate of drug-likeness (QED) is 0.548. The maximum Gasteiger partial charge on any atom is 0.416 e. The third-order valence-electron chi connectivity index (χ3n) is 1.10. The third kappa shape index (κ3) is 2.62. The van der Waals surface area contributed by atoms with Gasteiger partial charge in [0.2, 0.25) is 0 Å². The minimum absolute atomic E-state index is 0. The Labute approximate surface area is 63.7 Å². The van der Waals surface area contributed by atoms with Crippen LogP contribution in [0.15, 0.2) is 30.3 Å². The Morgan fingerprint density at radius 1 is 0.909 bits per heavy atom. The van der Waals surface area contributed by atoms with E-state index in [2.05, 4.69) is 0 Å². The van der Waals surface area contributed by atoms with Crippen molar-refractivity contribution in [2.24, 2.45) is 0 Å². The molecule has 0 spiro atoms. The summed E-state index contributed by atoms with van der Waals surface area (Å²) < 4.78 is 35.4. The van der Waals surface area contributed by atoms with Gasteiger partial charge in [-0.25, -0.2) is 0 Å². The summed E-state index contributed by atoms with van der Waals surface area (Å²) in [5, 5.41) is 0. The zero-order chi connectivity index (χ0) is 7.61. The normalized spacial score (nSPS) is 10.5. The fourth-order valence-electron chi connectivity index (χ4n) is 0.627. The molecular formula is C8H9F3. The van der Waals surface area contributed by atoms with E-state index in [1.807, 2.05) is 0 Å². The molecule has 0 N–H and O–H groups in total. The number of hydrogen-bond donors (Lipinski definition) is 0. The Morgan fingerprint density at radius 2 is 1.36 bits per heavy atom. The fraction of sp³-hybridized carbons (Fsp3) is 0.250. The van der Waals surface area contributed by atoms with Gasteiger partial charge in [-0.3, -0.25) is 0 Å². The van der Waals surface area contributed by atoms with Gasteiger partial charge in [0.25, 0.3) is 0 Å². The van der Waals surface area contributed by atoms with Crippen LogP contribution in [0.4, 0.5) is 13.2 Å². The van der Waals surface area contributed by atoms with Gasteiger partial charge in [-0.05, 0) is 0 Å². The molecule has 0 nitrogen and oxygen atoms in total. The summed E-state index contributed by atoms with van der Waals surface area (Å²) in [6.45, 7) is 0. The first-order valence-electron chi connectivity index (χ1n) is 2.73. The van der Waals surface area contributed by atoms with Gasteiger partial charge in [-0.2, -0.15) is 13.2 Å². The molecule has 0 aromatic heterocycles. The number of alkyl halides is 3. The largest absolute Gasteiger partial charge is 0.416 e. The van der Waals surface area contributed by atoms with Crippen LogP contribution < -0.4 is 0 Å². The van der Waals surface area contributed by atoms with Gasteiger partial charge in [0.15, 0.2) is 0 Å². The zero-order valence-corrected chi connectivity index (χ0v) is 5.02. The van der Waals surface area contributed by atoms with Crippen LogP contribution in [0.1, 0.15) is 13.0 Å². The summed E-state index contributed by atoms with van der Waals surface area (Å²) in [5.41, 5.74) is -0.602. The average molecular weight is 162 g/mol. The molecule has 0 saturated heterocycles. The standard InChI is InChI=1S/C7H5F3.CH4/c8-7(9,10)6-4-2-1-3-5-6;/h1-5H;1H4. The number of halogens is 3. The van der Waals surface area contributed by atoms with Crippen molar-refractivity contribution in [2.75, 3.05) is 0 Å². The highest BCUT2D eigenvalue weighted by molar-refractivity contribution is 5.17. The van der Waals surface area contributed by atoms with Gasteiger partial charge in [-0.1, -0.05) is 37.8 Å². The van der Waals surface area contributed by atoms with E-state index in [4.69, 9.17) is 0 Å². The molecule has 1 rings (SSSR count). The molecule has 0 aliphatic carbocycles. The SMILES string of the molecule is C.FC(F)(F)c1ccccc1. The van der Waals surface area contributed by atoms with Crippen LogP contribution in [0.2, 0.25) is 0 Å². The van der Waals surface area contributed by atoms with Gasteiger partial charge < -0.3 is 0 Å². The minimum Gasteiger partial charge on any atom is -0.166 e. The van der Waals surface area contributed by atoms with E-state index in [1.54, 1.807) is 6.07 Å². The number of hydrogen-bond acceptors (Lipinski definition) is 0. The first-order valence-corrected chi connectivity index (χ1v) is 2.73. The molecule has 62 valence electrons. The van der Waals surface area contributed by atoms with Crippen molar-refractivity contribution in [3.63, 3.8) is 0 Å². The highest BCUT2D eigenvalue weighted by Crippen LogP contribution is 2.28. The van der Waals surface area contributed by atoms with E-state index in [9.17, 15) is 13.2 Å². The van der Waals surface area contributed by atoms with Crippen molar-refractivity contribution in [1.82, 2.24) is 0 Å². The summed E-state index contributed by atoms with van der Waals surface area (Å²) >= 11 is 0. The first-order chi connectivity index (χ1) is 4.61. The van der Waals surface area contributed by atoms with Crippen LogP contribution in [0.25, 0.3) is 0 Å². The summed E-state index contributed by atoms with van der Waals surface area (Å²) in [6.07, 6.45) is -4.21. The lowest BCUT2D eigenvalue weighted by molar-refractivity contribution is -0.137. The summed E-state index contributed by atoms with van der Waals surface area (Å²) in [7, 11) is 0. The maximum absolute atomic E-state index is 11.8. The van der Waals surface area contributed by atoms with E-state index in [-0.39, 0.29) is 7.43 Å². The molecule has 0 heterocycles. The van der Waals surface area contributed by atoms with E-state index >= 15 is 0 Å². The van der Waals surface area contributed by atoms with Crippen molar-refractivity contribution in [3.8, 4) is 0 Å². The molecule has 11 heavy (non-hydrogen) atoms. The van der Waals surface area contributed by atoms with Crippen molar-refractivity contribution >= 4 is 0 Å². The predicted octanol–water partition coefficient (Wildman–Crippen LogP) is 3.34. The van der Waals surface area contributed by atoms with Crippen LogP contribution in [-0.4, -0.2) is 0 Å². The van der Waals surface area contributed by atoms with Gasteiger partial charge in [0, 0.05) is 0 Å². The second-order valence-corrected chi connectivity index (χ2v) is 1.86. The second kappa shape index (κ2) is 3.42. The smallest absolute Gasteiger partial charge is 0.166 e. The highest BCUT2D eigenvalue weighted by Gasteiger charge is 2.29. The Kier molecular flexibility index (Phi) is 3.11. The molecule has 1 aromatic carbocycles. The van der Waals surface area contributed by atoms with E-state index in [0.717, 1.165) is 12.1 Å². The van der Waals surface area contributed by atoms with Crippen LogP contribution in [-0.2, 0) is 6.18 Å². The molecule has 0 atom stereocenters. The first kappa shape index (κ1) is 10.0. The molecule has 0 aliphatic rings. The molecule has 1 aromatic rings. The molecule has 0 radical (unpaired) electrons. The van der Waals surface area contributed by atoms with E-state index in [1.165, 1.54) is 12.1 Å². The summed E-state index contributed by atoms with van der Waals surface area (Å²) in [6, 6.07) is 6.36. The van der Waals surface area contributed by atoms with Crippen molar-refractivity contribution in [2.45, 2.75) is 13.6 Å². The Morgan fingerprint density at radius 3 is 1.64 bits per heavy atom. The minimum atomic E-state index is -4.21. The Balaban J connectivity index is 0.000001000. The van der Waals surface area contributed by atoms with Gasteiger partial charge in [0.05, 0.1) is 5.56 Å². The van der Waals surface area contributed by atoms with Crippen molar-refractivity contribution in [1.29, 1.82) is 0 Å². The fourth-order valence-corrected chi connectivity index (χ4v) is 0.627. The highest BCUT2D eigenvalue weighted by atomic mass is 19.4. The molecule has 0 fully saturated rings. The lowest BCUT2D eigenvalue weighted by Gasteiger charge is -2.03.